The average molecular weight is 320 g/mol. The van der Waals surface area contributed by atoms with Gasteiger partial charge in [0.1, 0.15) is 5.82 Å². The summed E-state index contributed by atoms with van der Waals surface area (Å²) >= 11 is 0. The Kier molecular flexibility index (Phi) is 4.57. The molecule has 0 heterocycles. The number of hydrogen-bond acceptors (Lipinski definition) is 2. The van der Waals surface area contributed by atoms with Gasteiger partial charge in [0.05, 0.1) is 5.56 Å². The number of nitrogens with two attached hydrogens (primary N) is 1. The first kappa shape index (κ1) is 15.7. The summed E-state index contributed by atoms with van der Waals surface area (Å²) in [6, 6.07) is 21.9. The fourth-order valence-electron chi connectivity index (χ4n) is 2.44. The number of hydrogen-bond donors (Lipinski definition) is 2. The van der Waals surface area contributed by atoms with E-state index in [4.69, 9.17) is 5.73 Å². The van der Waals surface area contributed by atoms with Gasteiger partial charge in [-0.15, -0.1) is 0 Å². The topological polar surface area (TPSA) is 55.1 Å². The highest BCUT2D eigenvalue weighted by Gasteiger charge is 2.11. The Morgan fingerprint density at radius 3 is 2.29 bits per heavy atom. The molecule has 0 unspecified atom stereocenters. The molecule has 0 aliphatic rings. The van der Waals surface area contributed by atoms with E-state index in [1.54, 1.807) is 0 Å². The largest absolute Gasteiger partial charge is 0.399 e. The van der Waals surface area contributed by atoms with E-state index in [1.807, 2.05) is 54.6 Å². The minimum absolute atomic E-state index is 0.0455. The molecule has 0 aliphatic carbocycles. The third-order valence-electron chi connectivity index (χ3n) is 3.75. The van der Waals surface area contributed by atoms with Crippen molar-refractivity contribution < 1.29 is 9.18 Å². The maximum Gasteiger partial charge on any atom is 0.254 e. The molecule has 3 rings (SSSR count). The zero-order valence-electron chi connectivity index (χ0n) is 13.0. The monoisotopic (exact) mass is 320 g/mol. The molecule has 0 fully saturated rings. The zero-order valence-corrected chi connectivity index (χ0v) is 13.0. The Morgan fingerprint density at radius 1 is 0.917 bits per heavy atom. The number of carbonyl (C=O) groups excluding carboxylic acids is 1. The molecule has 120 valence electrons. The van der Waals surface area contributed by atoms with Crippen molar-refractivity contribution in [1.29, 1.82) is 0 Å². The van der Waals surface area contributed by atoms with Crippen molar-refractivity contribution in [3.05, 3.63) is 89.7 Å². The fraction of sp³-hybridized carbons (Fsp3) is 0.0500. The molecule has 0 saturated heterocycles. The van der Waals surface area contributed by atoms with Gasteiger partial charge in [-0.3, -0.25) is 4.79 Å². The number of anilines is 1. The lowest BCUT2D eigenvalue weighted by Crippen LogP contribution is -2.24. The third kappa shape index (κ3) is 3.60. The van der Waals surface area contributed by atoms with Crippen molar-refractivity contribution in [2.45, 2.75) is 6.54 Å². The number of benzene rings is 3. The second-order valence-electron chi connectivity index (χ2n) is 5.48. The van der Waals surface area contributed by atoms with Gasteiger partial charge < -0.3 is 11.1 Å². The summed E-state index contributed by atoms with van der Waals surface area (Å²) < 4.78 is 13.7. The van der Waals surface area contributed by atoms with Gasteiger partial charge in [0.15, 0.2) is 0 Å². The maximum atomic E-state index is 13.7. The van der Waals surface area contributed by atoms with Crippen LogP contribution in [0.5, 0.6) is 0 Å². The van der Waals surface area contributed by atoms with Crippen LogP contribution in [0, 0.1) is 5.82 Å². The Bertz CT molecular complexity index is 845. The average Bonchev–Trinajstić information content (AvgIpc) is 2.63. The van der Waals surface area contributed by atoms with E-state index in [1.165, 1.54) is 18.2 Å². The molecule has 3 nitrogen and oxygen atoms in total. The van der Waals surface area contributed by atoms with Gasteiger partial charge in [0.25, 0.3) is 5.91 Å². The smallest absolute Gasteiger partial charge is 0.254 e. The summed E-state index contributed by atoms with van der Waals surface area (Å²) in [7, 11) is 0. The van der Waals surface area contributed by atoms with Crippen molar-refractivity contribution in [3.8, 4) is 11.1 Å². The number of nitrogen functional groups attached to an aromatic ring is 1. The molecule has 24 heavy (non-hydrogen) atoms. The van der Waals surface area contributed by atoms with Gasteiger partial charge in [-0.25, -0.2) is 4.39 Å². The Labute approximate surface area is 139 Å². The van der Waals surface area contributed by atoms with Crippen molar-refractivity contribution in [2.24, 2.45) is 0 Å². The van der Waals surface area contributed by atoms with Gasteiger partial charge >= 0.3 is 0 Å². The van der Waals surface area contributed by atoms with E-state index >= 15 is 0 Å². The van der Waals surface area contributed by atoms with Crippen molar-refractivity contribution in [1.82, 2.24) is 5.32 Å². The van der Waals surface area contributed by atoms with Crippen LogP contribution < -0.4 is 11.1 Å². The maximum absolute atomic E-state index is 13.7. The van der Waals surface area contributed by atoms with Gasteiger partial charge in [0.2, 0.25) is 0 Å². The van der Waals surface area contributed by atoms with Crippen LogP contribution in [0.15, 0.2) is 72.8 Å². The highest BCUT2D eigenvalue weighted by molar-refractivity contribution is 5.95. The van der Waals surface area contributed by atoms with Gasteiger partial charge in [-0.2, -0.15) is 0 Å². The number of nitrogens with one attached hydrogen (secondary N) is 1. The SMILES string of the molecule is Nc1ccc(F)c(C(=O)NCc2ccc(-c3ccccc3)cc2)c1. The number of halogens is 1. The van der Waals surface area contributed by atoms with E-state index < -0.39 is 11.7 Å². The number of rotatable bonds is 4. The molecule has 3 aromatic rings. The predicted molar refractivity (Wildman–Crippen MR) is 93.9 cm³/mol. The summed E-state index contributed by atoms with van der Waals surface area (Å²) in [6.45, 7) is 0.322. The molecule has 0 spiro atoms. The quantitative estimate of drug-likeness (QED) is 0.714. The molecule has 3 N–H and O–H groups in total. The molecule has 0 radical (unpaired) electrons. The van der Waals surface area contributed by atoms with Crippen LogP contribution in [0.1, 0.15) is 15.9 Å². The molecule has 4 heteroatoms. The first-order valence-electron chi connectivity index (χ1n) is 7.61. The fourth-order valence-corrected chi connectivity index (χ4v) is 2.44. The molecular formula is C20H17FN2O. The Balaban J connectivity index is 1.66. The summed E-state index contributed by atoms with van der Waals surface area (Å²) in [5.41, 5.74) is 9.08. The second-order valence-corrected chi connectivity index (χ2v) is 5.48. The standard InChI is InChI=1S/C20H17FN2O/c21-19-11-10-17(22)12-18(19)20(24)23-13-14-6-8-16(9-7-14)15-4-2-1-3-5-15/h1-12H,13,22H2,(H,23,24). The van der Waals surface area contributed by atoms with Crippen LogP contribution in [0.2, 0.25) is 0 Å². The van der Waals surface area contributed by atoms with Crippen LogP contribution in [0.3, 0.4) is 0 Å². The Hall–Kier alpha value is -3.14. The van der Waals surface area contributed by atoms with E-state index in [9.17, 15) is 9.18 Å². The van der Waals surface area contributed by atoms with Crippen molar-refractivity contribution in [3.63, 3.8) is 0 Å². The highest BCUT2D eigenvalue weighted by Crippen LogP contribution is 2.19. The first-order valence-corrected chi connectivity index (χ1v) is 7.61. The number of carbonyl (C=O) groups is 1. The molecule has 3 aromatic carbocycles. The highest BCUT2D eigenvalue weighted by atomic mass is 19.1. The third-order valence-corrected chi connectivity index (χ3v) is 3.75. The molecule has 1 amide bonds. The van der Waals surface area contributed by atoms with Gasteiger partial charge in [0, 0.05) is 12.2 Å². The van der Waals surface area contributed by atoms with Crippen molar-refractivity contribution in [2.75, 3.05) is 5.73 Å². The minimum Gasteiger partial charge on any atom is -0.399 e. The molecule has 0 bridgehead atoms. The lowest BCUT2D eigenvalue weighted by atomic mass is 10.0. The summed E-state index contributed by atoms with van der Waals surface area (Å²) in [5, 5.41) is 2.71. The summed E-state index contributed by atoms with van der Waals surface area (Å²) in [6.07, 6.45) is 0. The lowest BCUT2D eigenvalue weighted by molar-refractivity contribution is 0.0947. The van der Waals surface area contributed by atoms with Gasteiger partial charge in [-0.1, -0.05) is 54.6 Å². The Morgan fingerprint density at radius 2 is 1.58 bits per heavy atom. The van der Waals surface area contributed by atoms with E-state index in [0.717, 1.165) is 16.7 Å². The van der Waals surface area contributed by atoms with Crippen LogP contribution >= 0.6 is 0 Å². The summed E-state index contributed by atoms with van der Waals surface area (Å²) in [4.78, 5) is 12.1. The van der Waals surface area contributed by atoms with Crippen molar-refractivity contribution >= 4 is 11.6 Å². The van der Waals surface area contributed by atoms with Crippen LogP contribution in [0.4, 0.5) is 10.1 Å². The zero-order chi connectivity index (χ0) is 16.9. The molecule has 0 atom stereocenters. The molecular weight excluding hydrogens is 303 g/mol. The normalized spacial score (nSPS) is 10.4. The second kappa shape index (κ2) is 6.96. The van der Waals surface area contributed by atoms with Crippen LogP contribution in [0.25, 0.3) is 11.1 Å². The summed E-state index contributed by atoms with van der Waals surface area (Å²) in [5.74, 6) is -1.06. The van der Waals surface area contributed by atoms with E-state index in [2.05, 4.69) is 5.32 Å². The van der Waals surface area contributed by atoms with E-state index in [-0.39, 0.29) is 5.56 Å². The number of amides is 1. The molecule has 0 aromatic heterocycles. The first-order chi connectivity index (χ1) is 11.6. The predicted octanol–water partition coefficient (Wildman–Crippen LogP) is 4.00. The van der Waals surface area contributed by atoms with E-state index in [0.29, 0.717) is 12.2 Å². The van der Waals surface area contributed by atoms with Gasteiger partial charge in [-0.05, 0) is 34.9 Å². The van der Waals surface area contributed by atoms with Crippen LogP contribution in [-0.4, -0.2) is 5.91 Å². The lowest BCUT2D eigenvalue weighted by Gasteiger charge is -2.08. The minimum atomic E-state index is -0.582. The van der Waals surface area contributed by atoms with Crippen LogP contribution in [-0.2, 0) is 6.54 Å². The molecule has 0 aliphatic heterocycles. The molecule has 0 saturated carbocycles.